The van der Waals surface area contributed by atoms with Gasteiger partial charge in [0.2, 0.25) is 15.9 Å². The van der Waals surface area contributed by atoms with Gasteiger partial charge in [-0.25, -0.2) is 8.42 Å². The average molecular weight is 499 g/mol. The molecule has 8 nitrogen and oxygen atoms in total. The summed E-state index contributed by atoms with van der Waals surface area (Å²) in [4.78, 5) is 28.4. The van der Waals surface area contributed by atoms with E-state index in [2.05, 4.69) is 0 Å². The van der Waals surface area contributed by atoms with Gasteiger partial charge in [0.15, 0.2) is 17.3 Å². The maximum atomic E-state index is 13.4. The Labute approximate surface area is 205 Å². The van der Waals surface area contributed by atoms with Crippen LogP contribution < -0.4 is 9.47 Å². The summed E-state index contributed by atoms with van der Waals surface area (Å²) in [6, 6.07) is 11.3. The van der Waals surface area contributed by atoms with Crippen molar-refractivity contribution in [3.8, 4) is 11.5 Å². The molecule has 0 N–H and O–H groups in total. The molecule has 0 saturated carbocycles. The summed E-state index contributed by atoms with van der Waals surface area (Å²) in [6.45, 7) is 4.08. The monoisotopic (exact) mass is 498 g/mol. The number of aryl methyl sites for hydroxylation is 1. The second-order valence-corrected chi connectivity index (χ2v) is 11.3. The van der Waals surface area contributed by atoms with E-state index in [9.17, 15) is 18.0 Å². The van der Waals surface area contributed by atoms with Crippen LogP contribution in [0.15, 0.2) is 47.4 Å². The number of amides is 1. The second kappa shape index (κ2) is 9.62. The zero-order valence-electron chi connectivity index (χ0n) is 19.8. The molecule has 0 radical (unpaired) electrons. The van der Waals surface area contributed by atoms with E-state index in [-0.39, 0.29) is 22.5 Å². The maximum absolute atomic E-state index is 13.4. The number of hydrogen-bond donors (Lipinski definition) is 0. The first-order chi connectivity index (χ1) is 16.8. The smallest absolute Gasteiger partial charge is 0.243 e. The van der Waals surface area contributed by atoms with Crippen LogP contribution in [0.25, 0.3) is 0 Å². The van der Waals surface area contributed by atoms with Crippen LogP contribution in [-0.2, 0) is 14.8 Å². The highest BCUT2D eigenvalue weighted by Crippen LogP contribution is 2.33. The lowest BCUT2D eigenvalue weighted by Crippen LogP contribution is -2.50. The molecule has 0 aromatic heterocycles. The third kappa shape index (κ3) is 4.67. The summed E-state index contributed by atoms with van der Waals surface area (Å²) < 4.78 is 39.0. The van der Waals surface area contributed by atoms with Crippen molar-refractivity contribution in [2.75, 3.05) is 32.8 Å². The van der Waals surface area contributed by atoms with Crippen LogP contribution >= 0.6 is 0 Å². The summed E-state index contributed by atoms with van der Waals surface area (Å²) in [5.74, 6) is 0.931. The fourth-order valence-corrected chi connectivity index (χ4v) is 6.78. The number of ketones is 1. The Bertz CT molecular complexity index is 1220. The van der Waals surface area contributed by atoms with Crippen molar-refractivity contribution >= 4 is 21.7 Å². The Morgan fingerprint density at radius 3 is 2.29 bits per heavy atom. The molecule has 5 rings (SSSR count). The number of sulfonamides is 1. The Kier molecular flexibility index (Phi) is 6.55. The average Bonchev–Trinajstić information content (AvgIpc) is 3.39. The number of benzene rings is 2. The lowest BCUT2D eigenvalue weighted by molar-refractivity contribution is -0.135. The standard InChI is InChI=1S/C26H30N2O6S/c1-18-4-7-21(8-5-18)35(31,32)28-12-2-3-22(28)26(30)27-13-10-19(11-14-27)25(29)20-6-9-23-24(17-20)34-16-15-33-23/h4-9,17,19,22H,2-3,10-16H2,1H3/t22-/m0/s1. The van der Waals surface area contributed by atoms with Crippen LogP contribution in [0.3, 0.4) is 0 Å². The number of rotatable bonds is 5. The molecule has 9 heteroatoms. The molecule has 0 spiro atoms. The predicted molar refractivity (Wildman–Crippen MR) is 129 cm³/mol. The van der Waals surface area contributed by atoms with Crippen molar-refractivity contribution in [1.29, 1.82) is 0 Å². The molecule has 1 amide bonds. The van der Waals surface area contributed by atoms with Gasteiger partial charge in [-0.1, -0.05) is 17.7 Å². The van der Waals surface area contributed by atoms with Crippen LogP contribution in [0.4, 0.5) is 0 Å². The van der Waals surface area contributed by atoms with E-state index < -0.39 is 16.1 Å². The molecule has 2 aromatic rings. The van der Waals surface area contributed by atoms with Gasteiger partial charge in [0, 0.05) is 31.1 Å². The van der Waals surface area contributed by atoms with Crippen LogP contribution in [0.1, 0.15) is 41.6 Å². The van der Waals surface area contributed by atoms with Gasteiger partial charge in [-0.2, -0.15) is 4.31 Å². The van der Waals surface area contributed by atoms with E-state index in [1.165, 1.54) is 4.31 Å². The van der Waals surface area contributed by atoms with Crippen LogP contribution in [-0.4, -0.2) is 68.2 Å². The number of carbonyl (C=O) groups excluding carboxylic acids is 2. The number of Topliss-reactive ketones (excluding diaryl/α,β-unsaturated/α-hetero) is 1. The fraction of sp³-hybridized carbons (Fsp3) is 0.462. The number of likely N-dealkylation sites (tertiary alicyclic amines) is 1. The molecule has 1 atom stereocenters. The molecule has 3 aliphatic rings. The summed E-state index contributed by atoms with van der Waals surface area (Å²) in [5, 5.41) is 0. The highest BCUT2D eigenvalue weighted by atomic mass is 32.2. The molecule has 2 saturated heterocycles. The molecule has 0 bridgehead atoms. The normalized spacial score (nSPS) is 21.2. The van der Waals surface area contributed by atoms with E-state index >= 15 is 0 Å². The van der Waals surface area contributed by atoms with Crippen molar-refractivity contribution in [3.63, 3.8) is 0 Å². The second-order valence-electron chi connectivity index (χ2n) is 9.41. The fourth-order valence-electron chi connectivity index (χ4n) is 5.13. The number of ether oxygens (including phenoxy) is 2. The van der Waals surface area contributed by atoms with Crippen molar-refractivity contribution in [2.24, 2.45) is 5.92 Å². The van der Waals surface area contributed by atoms with E-state index in [1.54, 1.807) is 47.4 Å². The van der Waals surface area contributed by atoms with E-state index in [0.29, 0.717) is 75.6 Å². The third-order valence-corrected chi connectivity index (χ3v) is 9.04. The van der Waals surface area contributed by atoms with Crippen molar-refractivity contribution in [3.05, 3.63) is 53.6 Å². The van der Waals surface area contributed by atoms with Gasteiger partial charge in [0.1, 0.15) is 19.3 Å². The van der Waals surface area contributed by atoms with Crippen molar-refractivity contribution in [2.45, 2.75) is 43.5 Å². The van der Waals surface area contributed by atoms with Crippen molar-refractivity contribution < 1.29 is 27.5 Å². The Balaban J connectivity index is 1.23. The van der Waals surface area contributed by atoms with Gasteiger partial charge >= 0.3 is 0 Å². The summed E-state index contributed by atoms with van der Waals surface area (Å²) in [6.07, 6.45) is 2.27. The topological polar surface area (TPSA) is 93.2 Å². The van der Waals surface area contributed by atoms with Gasteiger partial charge in [-0.05, 0) is 62.9 Å². The van der Waals surface area contributed by atoms with E-state index in [0.717, 1.165) is 5.56 Å². The molecule has 3 heterocycles. The van der Waals surface area contributed by atoms with Crippen LogP contribution in [0, 0.1) is 12.8 Å². The molecule has 3 aliphatic heterocycles. The molecule has 2 aromatic carbocycles. The third-order valence-electron chi connectivity index (χ3n) is 7.12. The van der Waals surface area contributed by atoms with Crippen molar-refractivity contribution in [1.82, 2.24) is 9.21 Å². The summed E-state index contributed by atoms with van der Waals surface area (Å²) in [7, 11) is -3.75. The lowest BCUT2D eigenvalue weighted by Gasteiger charge is -2.35. The minimum atomic E-state index is -3.75. The SMILES string of the molecule is Cc1ccc(S(=O)(=O)N2CCC[C@H]2C(=O)N2CCC(C(=O)c3ccc4c(c3)OCCO4)CC2)cc1. The molecule has 2 fully saturated rings. The first-order valence-corrected chi connectivity index (χ1v) is 13.6. The highest BCUT2D eigenvalue weighted by Gasteiger charge is 2.42. The first-order valence-electron chi connectivity index (χ1n) is 12.2. The minimum absolute atomic E-state index is 0.0403. The summed E-state index contributed by atoms with van der Waals surface area (Å²) in [5.41, 5.74) is 1.57. The Hall–Kier alpha value is -2.91. The van der Waals surface area contributed by atoms with Gasteiger partial charge < -0.3 is 14.4 Å². The van der Waals surface area contributed by atoms with Crippen LogP contribution in [0.5, 0.6) is 11.5 Å². The Morgan fingerprint density at radius 2 is 1.57 bits per heavy atom. The number of piperidine rings is 1. The molecule has 0 unspecified atom stereocenters. The zero-order valence-corrected chi connectivity index (χ0v) is 20.6. The maximum Gasteiger partial charge on any atom is 0.243 e. The van der Waals surface area contributed by atoms with Gasteiger partial charge in [-0.3, -0.25) is 9.59 Å². The minimum Gasteiger partial charge on any atom is -0.486 e. The lowest BCUT2D eigenvalue weighted by atomic mass is 9.88. The number of nitrogens with zero attached hydrogens (tertiary/aromatic N) is 2. The first kappa shape index (κ1) is 23.8. The quantitative estimate of drug-likeness (QED) is 0.589. The number of carbonyl (C=O) groups is 2. The van der Waals surface area contributed by atoms with Gasteiger partial charge in [-0.15, -0.1) is 0 Å². The number of fused-ring (bicyclic) bond motifs is 1. The summed E-state index contributed by atoms with van der Waals surface area (Å²) >= 11 is 0. The molecular formula is C26H30N2O6S. The van der Waals surface area contributed by atoms with Gasteiger partial charge in [0.05, 0.1) is 4.90 Å². The van der Waals surface area contributed by atoms with Crippen LogP contribution in [0.2, 0.25) is 0 Å². The molecular weight excluding hydrogens is 468 g/mol. The van der Waals surface area contributed by atoms with E-state index in [1.807, 2.05) is 6.92 Å². The zero-order chi connectivity index (χ0) is 24.6. The molecule has 35 heavy (non-hydrogen) atoms. The predicted octanol–water partition coefficient (Wildman–Crippen LogP) is 3.04. The highest BCUT2D eigenvalue weighted by molar-refractivity contribution is 7.89. The Morgan fingerprint density at radius 1 is 0.886 bits per heavy atom. The molecule has 0 aliphatic carbocycles. The largest absolute Gasteiger partial charge is 0.486 e. The molecule has 186 valence electrons. The van der Waals surface area contributed by atoms with E-state index in [4.69, 9.17) is 9.47 Å². The number of hydrogen-bond acceptors (Lipinski definition) is 6. The van der Waals surface area contributed by atoms with Gasteiger partial charge in [0.25, 0.3) is 0 Å².